The summed E-state index contributed by atoms with van der Waals surface area (Å²) in [5.74, 6) is 0. The van der Waals surface area contributed by atoms with Crippen molar-refractivity contribution in [2.75, 3.05) is 0 Å². The second kappa shape index (κ2) is 3.12. The SMILES string of the molecule is CC(C)n1ncc2c1cnn2C(C)C. The molecule has 0 saturated heterocycles. The number of fused-ring (bicyclic) bond motifs is 1. The summed E-state index contributed by atoms with van der Waals surface area (Å²) < 4.78 is 4.00. The van der Waals surface area contributed by atoms with E-state index in [2.05, 4.69) is 37.9 Å². The normalized spacial score (nSPS) is 12.1. The summed E-state index contributed by atoms with van der Waals surface area (Å²) in [4.78, 5) is 0. The average Bonchev–Trinajstić information content (AvgIpc) is 2.59. The van der Waals surface area contributed by atoms with Crippen LogP contribution >= 0.6 is 0 Å². The van der Waals surface area contributed by atoms with Gasteiger partial charge in [0.25, 0.3) is 0 Å². The van der Waals surface area contributed by atoms with Crippen LogP contribution in [0.3, 0.4) is 0 Å². The van der Waals surface area contributed by atoms with E-state index in [9.17, 15) is 0 Å². The Hall–Kier alpha value is -1.32. The molecule has 0 aliphatic rings. The lowest BCUT2D eigenvalue weighted by Gasteiger charge is -2.04. The van der Waals surface area contributed by atoms with Crippen molar-refractivity contribution in [1.29, 1.82) is 0 Å². The van der Waals surface area contributed by atoms with Crippen molar-refractivity contribution < 1.29 is 0 Å². The zero-order valence-corrected chi connectivity index (χ0v) is 9.10. The highest BCUT2D eigenvalue weighted by Gasteiger charge is 2.11. The van der Waals surface area contributed by atoms with Crippen LogP contribution in [-0.4, -0.2) is 19.6 Å². The van der Waals surface area contributed by atoms with E-state index in [1.165, 1.54) is 0 Å². The maximum Gasteiger partial charge on any atom is 0.107 e. The first-order valence-corrected chi connectivity index (χ1v) is 5.02. The van der Waals surface area contributed by atoms with Crippen molar-refractivity contribution in [3.05, 3.63) is 12.4 Å². The van der Waals surface area contributed by atoms with Gasteiger partial charge < -0.3 is 0 Å². The predicted octanol–water partition coefficient (Wildman–Crippen LogP) is 2.39. The fraction of sp³-hybridized carbons (Fsp3) is 0.600. The van der Waals surface area contributed by atoms with Crippen molar-refractivity contribution in [1.82, 2.24) is 19.6 Å². The van der Waals surface area contributed by atoms with Crippen LogP contribution < -0.4 is 0 Å². The first kappa shape index (κ1) is 9.24. The molecule has 2 heterocycles. The molecule has 0 radical (unpaired) electrons. The fourth-order valence-corrected chi connectivity index (χ4v) is 1.67. The number of aromatic nitrogens is 4. The average molecular weight is 192 g/mol. The van der Waals surface area contributed by atoms with Gasteiger partial charge in [0, 0.05) is 12.1 Å². The van der Waals surface area contributed by atoms with Crippen LogP contribution in [0.5, 0.6) is 0 Å². The number of hydrogen-bond acceptors (Lipinski definition) is 2. The summed E-state index contributed by atoms with van der Waals surface area (Å²) in [6.07, 6.45) is 3.78. The standard InChI is InChI=1S/C10H16N4/c1-7(2)13-9-5-12-14(8(3)4)10(9)6-11-13/h5-8H,1-4H3. The van der Waals surface area contributed by atoms with E-state index in [0.29, 0.717) is 12.1 Å². The summed E-state index contributed by atoms with van der Waals surface area (Å²) in [5.41, 5.74) is 2.24. The summed E-state index contributed by atoms with van der Waals surface area (Å²) >= 11 is 0. The van der Waals surface area contributed by atoms with Crippen molar-refractivity contribution >= 4 is 11.0 Å². The van der Waals surface area contributed by atoms with E-state index in [4.69, 9.17) is 0 Å². The van der Waals surface area contributed by atoms with Crippen LogP contribution in [0.15, 0.2) is 12.4 Å². The third-order valence-electron chi connectivity index (χ3n) is 2.34. The van der Waals surface area contributed by atoms with Gasteiger partial charge in [-0.2, -0.15) is 10.2 Å². The Labute approximate surface area is 83.5 Å². The van der Waals surface area contributed by atoms with E-state index in [1.54, 1.807) is 0 Å². The van der Waals surface area contributed by atoms with Crippen LogP contribution in [0.4, 0.5) is 0 Å². The van der Waals surface area contributed by atoms with E-state index in [-0.39, 0.29) is 0 Å². The Morgan fingerprint density at radius 3 is 1.50 bits per heavy atom. The van der Waals surface area contributed by atoms with Gasteiger partial charge in [-0.05, 0) is 27.7 Å². The predicted molar refractivity (Wildman–Crippen MR) is 56.3 cm³/mol. The molecule has 0 atom stereocenters. The van der Waals surface area contributed by atoms with Crippen molar-refractivity contribution in [2.45, 2.75) is 39.8 Å². The molecule has 0 aliphatic heterocycles. The highest BCUT2D eigenvalue weighted by Crippen LogP contribution is 2.19. The summed E-state index contributed by atoms with van der Waals surface area (Å²) in [6, 6.07) is 0.773. The van der Waals surface area contributed by atoms with Gasteiger partial charge >= 0.3 is 0 Å². The van der Waals surface area contributed by atoms with Gasteiger partial charge in [0.1, 0.15) is 11.0 Å². The van der Waals surface area contributed by atoms with Gasteiger partial charge in [-0.3, -0.25) is 9.36 Å². The van der Waals surface area contributed by atoms with E-state index in [0.717, 1.165) is 11.0 Å². The molecule has 0 saturated carbocycles. The van der Waals surface area contributed by atoms with Crippen LogP contribution in [-0.2, 0) is 0 Å². The number of nitrogens with zero attached hydrogens (tertiary/aromatic N) is 4. The Morgan fingerprint density at radius 1 is 0.857 bits per heavy atom. The minimum Gasteiger partial charge on any atom is -0.259 e. The molecule has 4 nitrogen and oxygen atoms in total. The largest absolute Gasteiger partial charge is 0.259 e. The minimum absolute atomic E-state index is 0.386. The lowest BCUT2D eigenvalue weighted by Crippen LogP contribution is -2.01. The van der Waals surface area contributed by atoms with E-state index in [1.807, 2.05) is 21.8 Å². The number of hydrogen-bond donors (Lipinski definition) is 0. The molecule has 2 rings (SSSR count). The Kier molecular flexibility index (Phi) is 2.06. The van der Waals surface area contributed by atoms with Crippen molar-refractivity contribution in [2.24, 2.45) is 0 Å². The van der Waals surface area contributed by atoms with Crippen LogP contribution in [0.1, 0.15) is 39.8 Å². The second-order valence-electron chi connectivity index (χ2n) is 4.14. The van der Waals surface area contributed by atoms with Gasteiger partial charge in [0.15, 0.2) is 0 Å². The van der Waals surface area contributed by atoms with Crippen LogP contribution in [0.25, 0.3) is 11.0 Å². The van der Waals surface area contributed by atoms with Gasteiger partial charge in [-0.15, -0.1) is 0 Å². The molecule has 0 N–H and O–H groups in total. The molecule has 0 amide bonds. The zero-order chi connectivity index (χ0) is 10.3. The zero-order valence-electron chi connectivity index (χ0n) is 9.10. The first-order chi connectivity index (χ1) is 6.61. The molecule has 14 heavy (non-hydrogen) atoms. The van der Waals surface area contributed by atoms with E-state index >= 15 is 0 Å². The maximum atomic E-state index is 4.35. The highest BCUT2D eigenvalue weighted by molar-refractivity contribution is 5.74. The van der Waals surface area contributed by atoms with Crippen LogP contribution in [0.2, 0.25) is 0 Å². The first-order valence-electron chi connectivity index (χ1n) is 5.02. The third-order valence-corrected chi connectivity index (χ3v) is 2.34. The molecule has 0 aliphatic carbocycles. The lowest BCUT2D eigenvalue weighted by atomic mass is 10.3. The molecular formula is C10H16N4. The molecule has 0 fully saturated rings. The molecule has 0 aromatic carbocycles. The Morgan fingerprint density at radius 2 is 1.21 bits per heavy atom. The molecule has 76 valence electrons. The minimum atomic E-state index is 0.386. The van der Waals surface area contributed by atoms with Gasteiger partial charge in [0.2, 0.25) is 0 Å². The molecule has 2 aromatic rings. The van der Waals surface area contributed by atoms with E-state index < -0.39 is 0 Å². The van der Waals surface area contributed by atoms with Gasteiger partial charge in [-0.1, -0.05) is 0 Å². The quantitative estimate of drug-likeness (QED) is 0.732. The molecular weight excluding hydrogens is 176 g/mol. The lowest BCUT2D eigenvalue weighted by molar-refractivity contribution is 0.544. The third kappa shape index (κ3) is 1.22. The van der Waals surface area contributed by atoms with Gasteiger partial charge in [-0.25, -0.2) is 0 Å². The van der Waals surface area contributed by atoms with Gasteiger partial charge in [0.05, 0.1) is 12.4 Å². The molecule has 4 heteroatoms. The Balaban J connectivity index is 2.61. The molecule has 2 aromatic heterocycles. The molecule has 0 spiro atoms. The summed E-state index contributed by atoms with van der Waals surface area (Å²) in [7, 11) is 0. The molecule has 0 bridgehead atoms. The maximum absolute atomic E-state index is 4.35. The van der Waals surface area contributed by atoms with Crippen molar-refractivity contribution in [3.63, 3.8) is 0 Å². The molecule has 0 unspecified atom stereocenters. The highest BCUT2D eigenvalue weighted by atomic mass is 15.4. The Bertz CT molecular complexity index is 394. The van der Waals surface area contributed by atoms with Crippen molar-refractivity contribution in [3.8, 4) is 0 Å². The summed E-state index contributed by atoms with van der Waals surface area (Å²) in [6.45, 7) is 8.50. The second-order valence-corrected chi connectivity index (χ2v) is 4.14. The smallest absolute Gasteiger partial charge is 0.107 e. The fourth-order valence-electron chi connectivity index (χ4n) is 1.67. The monoisotopic (exact) mass is 192 g/mol. The number of rotatable bonds is 2. The van der Waals surface area contributed by atoms with Crippen LogP contribution in [0, 0.1) is 0 Å². The topological polar surface area (TPSA) is 35.6 Å². The summed E-state index contributed by atoms with van der Waals surface area (Å²) in [5, 5.41) is 8.71.